The van der Waals surface area contributed by atoms with Gasteiger partial charge in [-0.3, -0.25) is 0 Å². The molecule has 0 aliphatic carbocycles. The second kappa shape index (κ2) is 7.05. The maximum atomic E-state index is 6.17. The van der Waals surface area contributed by atoms with E-state index in [4.69, 9.17) is 14.7 Å². The second-order valence-corrected chi connectivity index (χ2v) is 9.47. The average molecular weight is 378 g/mol. The molecule has 0 bridgehead atoms. The zero-order chi connectivity index (χ0) is 17.4. The van der Waals surface area contributed by atoms with Crippen LogP contribution in [0, 0.1) is 0 Å². The Morgan fingerprint density at radius 2 is 2.04 bits per heavy atom. The lowest BCUT2D eigenvalue weighted by atomic mass is 9.90. The fourth-order valence-electron chi connectivity index (χ4n) is 3.68. The molecule has 0 N–H and O–H groups in total. The third kappa shape index (κ3) is 3.28. The number of thiophene rings is 1. The van der Waals surface area contributed by atoms with Gasteiger partial charge in [-0.25, -0.2) is 9.97 Å². The highest BCUT2D eigenvalue weighted by molar-refractivity contribution is 7.99. The summed E-state index contributed by atoms with van der Waals surface area (Å²) in [5.41, 5.74) is 1.39. The first-order chi connectivity index (χ1) is 12.1. The number of hydrogen-bond donors (Lipinski definition) is 0. The van der Waals surface area contributed by atoms with Crippen molar-refractivity contribution in [3.8, 4) is 0 Å². The SMILES string of the molecule is CCCSc1nc(N2CCCC2)c2c3c(sc2n1)CO[C@@](C)(CC)C3. The number of aromatic nitrogens is 2. The normalized spacial score (nSPS) is 23.4. The van der Waals surface area contributed by atoms with Crippen molar-refractivity contribution in [2.45, 2.75) is 70.2 Å². The molecule has 4 nitrogen and oxygen atoms in total. The van der Waals surface area contributed by atoms with Gasteiger partial charge in [-0.15, -0.1) is 11.3 Å². The van der Waals surface area contributed by atoms with Gasteiger partial charge in [0.1, 0.15) is 10.6 Å². The second-order valence-electron chi connectivity index (χ2n) is 7.33. The molecule has 4 heterocycles. The Morgan fingerprint density at radius 3 is 2.76 bits per heavy atom. The Morgan fingerprint density at radius 1 is 1.24 bits per heavy atom. The predicted octanol–water partition coefficient (Wildman–Crippen LogP) is 5.04. The standard InChI is InChI=1S/C19H27N3OS2/c1-4-10-24-18-20-16(22-8-6-7-9-22)15-13-11-19(3,5-2)23-12-14(13)25-17(15)21-18/h4-12H2,1-3H3/t19-/m0/s1. The first-order valence-electron chi connectivity index (χ1n) is 9.47. The lowest BCUT2D eigenvalue weighted by Crippen LogP contribution is -2.34. The molecule has 0 aromatic carbocycles. The smallest absolute Gasteiger partial charge is 0.190 e. The van der Waals surface area contributed by atoms with Crippen LogP contribution in [0.2, 0.25) is 0 Å². The average Bonchev–Trinajstić information content (AvgIpc) is 3.27. The van der Waals surface area contributed by atoms with Crippen LogP contribution in [0.15, 0.2) is 5.16 Å². The Balaban J connectivity index is 1.84. The van der Waals surface area contributed by atoms with E-state index in [1.807, 2.05) is 11.3 Å². The molecule has 2 aromatic rings. The molecule has 1 saturated heterocycles. The van der Waals surface area contributed by atoms with Gasteiger partial charge in [0.25, 0.3) is 0 Å². The molecule has 25 heavy (non-hydrogen) atoms. The van der Waals surface area contributed by atoms with Gasteiger partial charge >= 0.3 is 0 Å². The third-order valence-corrected chi connectivity index (χ3v) is 7.54. The van der Waals surface area contributed by atoms with E-state index in [-0.39, 0.29) is 5.60 Å². The molecule has 0 spiro atoms. The van der Waals surface area contributed by atoms with Crippen LogP contribution in [-0.2, 0) is 17.8 Å². The summed E-state index contributed by atoms with van der Waals surface area (Å²) >= 11 is 3.60. The number of hydrogen-bond acceptors (Lipinski definition) is 6. The van der Waals surface area contributed by atoms with Crippen molar-refractivity contribution >= 4 is 39.1 Å². The molecule has 2 aliphatic rings. The van der Waals surface area contributed by atoms with Crippen molar-refractivity contribution in [3.05, 3.63) is 10.4 Å². The van der Waals surface area contributed by atoms with Gasteiger partial charge < -0.3 is 9.64 Å². The molecule has 6 heteroatoms. The fourth-order valence-corrected chi connectivity index (χ4v) is 5.53. The zero-order valence-electron chi connectivity index (χ0n) is 15.4. The minimum atomic E-state index is -0.0566. The van der Waals surface area contributed by atoms with E-state index in [9.17, 15) is 0 Å². The van der Waals surface area contributed by atoms with Crippen molar-refractivity contribution < 1.29 is 4.74 Å². The number of rotatable bonds is 5. The number of ether oxygens (including phenoxy) is 1. The van der Waals surface area contributed by atoms with E-state index in [0.717, 1.165) is 54.7 Å². The number of nitrogens with zero attached hydrogens (tertiary/aromatic N) is 3. The van der Waals surface area contributed by atoms with Gasteiger partial charge in [-0.1, -0.05) is 25.6 Å². The van der Waals surface area contributed by atoms with Gasteiger partial charge in [-0.2, -0.15) is 0 Å². The Bertz CT molecular complexity index is 770. The van der Waals surface area contributed by atoms with Crippen LogP contribution in [-0.4, -0.2) is 34.4 Å². The maximum Gasteiger partial charge on any atom is 0.190 e. The van der Waals surface area contributed by atoms with Crippen molar-refractivity contribution in [2.24, 2.45) is 0 Å². The van der Waals surface area contributed by atoms with Crippen LogP contribution in [0.25, 0.3) is 10.2 Å². The van der Waals surface area contributed by atoms with Gasteiger partial charge in [0.2, 0.25) is 0 Å². The van der Waals surface area contributed by atoms with Crippen LogP contribution in [0.4, 0.5) is 5.82 Å². The van der Waals surface area contributed by atoms with E-state index in [1.54, 1.807) is 11.8 Å². The van der Waals surface area contributed by atoms with Gasteiger partial charge in [0.15, 0.2) is 5.16 Å². The molecule has 0 unspecified atom stereocenters. The molecule has 1 atom stereocenters. The van der Waals surface area contributed by atoms with Crippen LogP contribution < -0.4 is 4.90 Å². The summed E-state index contributed by atoms with van der Waals surface area (Å²) in [6, 6.07) is 0. The summed E-state index contributed by atoms with van der Waals surface area (Å²) in [5.74, 6) is 2.26. The minimum Gasteiger partial charge on any atom is -0.369 e. The summed E-state index contributed by atoms with van der Waals surface area (Å²) in [6.07, 6.45) is 5.70. The van der Waals surface area contributed by atoms with Crippen LogP contribution in [0.5, 0.6) is 0 Å². The molecule has 2 aliphatic heterocycles. The third-order valence-electron chi connectivity index (χ3n) is 5.39. The number of fused-ring (bicyclic) bond motifs is 3. The van der Waals surface area contributed by atoms with Crippen LogP contribution in [0.3, 0.4) is 0 Å². The largest absolute Gasteiger partial charge is 0.369 e. The molecule has 0 amide bonds. The Labute approximate surface area is 158 Å². The quantitative estimate of drug-likeness (QED) is 0.539. The molecule has 4 rings (SSSR count). The predicted molar refractivity (Wildman–Crippen MR) is 107 cm³/mol. The zero-order valence-corrected chi connectivity index (χ0v) is 17.1. The van der Waals surface area contributed by atoms with Crippen molar-refractivity contribution in [3.63, 3.8) is 0 Å². The Kier molecular flexibility index (Phi) is 4.95. The monoisotopic (exact) mass is 377 g/mol. The number of thioether (sulfide) groups is 1. The number of anilines is 1. The lowest BCUT2D eigenvalue weighted by molar-refractivity contribution is -0.0542. The minimum absolute atomic E-state index is 0.0566. The molecule has 0 radical (unpaired) electrons. The molecular weight excluding hydrogens is 350 g/mol. The summed E-state index contributed by atoms with van der Waals surface area (Å²) in [6.45, 7) is 9.63. The summed E-state index contributed by atoms with van der Waals surface area (Å²) in [7, 11) is 0. The highest BCUT2D eigenvalue weighted by Crippen LogP contribution is 2.43. The maximum absolute atomic E-state index is 6.17. The van der Waals surface area contributed by atoms with E-state index in [2.05, 4.69) is 25.7 Å². The molecule has 136 valence electrons. The summed E-state index contributed by atoms with van der Waals surface area (Å²) < 4.78 is 6.17. The van der Waals surface area contributed by atoms with Crippen LogP contribution >= 0.6 is 23.1 Å². The Hall–Kier alpha value is -0.850. The highest BCUT2D eigenvalue weighted by atomic mass is 32.2. The van der Waals surface area contributed by atoms with Crippen molar-refractivity contribution in [1.82, 2.24) is 9.97 Å². The topological polar surface area (TPSA) is 38.2 Å². The lowest BCUT2D eigenvalue weighted by Gasteiger charge is -2.33. The van der Waals surface area contributed by atoms with Crippen molar-refractivity contribution in [1.29, 1.82) is 0 Å². The first kappa shape index (κ1) is 17.6. The summed E-state index contributed by atoms with van der Waals surface area (Å²) in [4.78, 5) is 14.9. The molecule has 2 aromatic heterocycles. The van der Waals surface area contributed by atoms with E-state index >= 15 is 0 Å². The summed E-state index contributed by atoms with van der Waals surface area (Å²) in [5, 5.41) is 2.25. The van der Waals surface area contributed by atoms with Gasteiger partial charge in [0.05, 0.1) is 17.6 Å². The molecule has 1 fully saturated rings. The molecule has 0 saturated carbocycles. The fraction of sp³-hybridized carbons (Fsp3) is 0.684. The van der Waals surface area contributed by atoms with Gasteiger partial charge in [0, 0.05) is 30.1 Å². The molecular formula is C19H27N3OS2. The van der Waals surface area contributed by atoms with Gasteiger partial charge in [-0.05, 0) is 38.2 Å². The van der Waals surface area contributed by atoms with Crippen molar-refractivity contribution in [2.75, 3.05) is 23.7 Å². The first-order valence-corrected chi connectivity index (χ1v) is 11.3. The van der Waals surface area contributed by atoms with E-state index in [1.165, 1.54) is 34.5 Å². The van der Waals surface area contributed by atoms with E-state index in [0.29, 0.717) is 0 Å². The van der Waals surface area contributed by atoms with Crippen LogP contribution in [0.1, 0.15) is 56.9 Å². The highest BCUT2D eigenvalue weighted by Gasteiger charge is 2.34. The van der Waals surface area contributed by atoms with E-state index < -0.39 is 0 Å².